The molecule has 0 spiro atoms. The van der Waals surface area contributed by atoms with Gasteiger partial charge in [-0.1, -0.05) is 24.3 Å². The lowest BCUT2D eigenvalue weighted by atomic mass is 10.0. The van der Waals surface area contributed by atoms with Gasteiger partial charge in [0.15, 0.2) is 0 Å². The summed E-state index contributed by atoms with van der Waals surface area (Å²) in [6.45, 7) is 11.7. The van der Waals surface area contributed by atoms with Gasteiger partial charge in [-0.2, -0.15) is 0 Å². The van der Waals surface area contributed by atoms with Crippen LogP contribution in [-0.4, -0.2) is 54.3 Å². The molecule has 0 aliphatic carbocycles. The number of aliphatic imine (C=N–C) groups is 1. The molecule has 6 nitrogen and oxygen atoms in total. The first-order chi connectivity index (χ1) is 14.4. The maximum atomic E-state index is 6.57. The number of amidine groups is 1. The van der Waals surface area contributed by atoms with Crippen molar-refractivity contribution in [1.82, 2.24) is 9.47 Å². The second-order valence-corrected chi connectivity index (χ2v) is 8.52. The van der Waals surface area contributed by atoms with Gasteiger partial charge in [0.2, 0.25) is 0 Å². The maximum Gasteiger partial charge on any atom is 0.111 e. The first-order valence-corrected chi connectivity index (χ1v) is 10.7. The normalized spacial score (nSPS) is 22.4. The van der Waals surface area contributed by atoms with Gasteiger partial charge < -0.3 is 19.9 Å². The summed E-state index contributed by atoms with van der Waals surface area (Å²) in [4.78, 5) is 8.99. The Kier molecular flexibility index (Phi) is 5.82. The van der Waals surface area contributed by atoms with Gasteiger partial charge in [0, 0.05) is 38.9 Å². The predicted molar refractivity (Wildman–Crippen MR) is 124 cm³/mol. The van der Waals surface area contributed by atoms with Crippen LogP contribution in [0.3, 0.4) is 0 Å². The SMILES string of the molecule is CN=C(C)N1c2cc(C)n(Cc3cccc(CN4CCOCC4)c3)c2C=CC1(C)N. The van der Waals surface area contributed by atoms with Crippen molar-refractivity contribution < 1.29 is 4.74 Å². The average Bonchev–Trinajstić information content (AvgIpc) is 3.02. The molecule has 1 aromatic heterocycles. The van der Waals surface area contributed by atoms with Crippen molar-refractivity contribution >= 4 is 17.6 Å². The van der Waals surface area contributed by atoms with Crippen LogP contribution in [0.15, 0.2) is 41.4 Å². The van der Waals surface area contributed by atoms with Crippen LogP contribution in [0.2, 0.25) is 0 Å². The molecular weight excluding hydrogens is 374 g/mol. The number of ether oxygens (including phenoxy) is 1. The van der Waals surface area contributed by atoms with Crippen LogP contribution in [-0.2, 0) is 17.8 Å². The number of anilines is 1. The number of hydrogen-bond donors (Lipinski definition) is 1. The number of nitrogens with two attached hydrogens (primary N) is 1. The second-order valence-electron chi connectivity index (χ2n) is 8.52. The van der Waals surface area contributed by atoms with Crippen molar-refractivity contribution in [3.8, 4) is 0 Å². The number of aromatic nitrogens is 1. The molecule has 3 heterocycles. The Morgan fingerprint density at radius 3 is 2.57 bits per heavy atom. The third kappa shape index (κ3) is 4.08. The smallest absolute Gasteiger partial charge is 0.111 e. The molecule has 1 atom stereocenters. The number of fused-ring (bicyclic) bond motifs is 1. The number of benzene rings is 1. The Morgan fingerprint density at radius 1 is 1.17 bits per heavy atom. The van der Waals surface area contributed by atoms with Crippen LogP contribution in [0.1, 0.15) is 36.4 Å². The molecular formula is C24H33N5O. The topological polar surface area (TPSA) is 59.0 Å². The van der Waals surface area contributed by atoms with Gasteiger partial charge in [0.05, 0.1) is 24.6 Å². The van der Waals surface area contributed by atoms with Crippen molar-refractivity contribution in [1.29, 1.82) is 0 Å². The van der Waals surface area contributed by atoms with Crippen molar-refractivity contribution in [2.24, 2.45) is 10.7 Å². The number of aryl methyl sites for hydroxylation is 1. The second kappa shape index (κ2) is 8.38. The number of morpholine rings is 1. The van der Waals surface area contributed by atoms with Crippen molar-refractivity contribution in [2.45, 2.75) is 39.5 Å². The van der Waals surface area contributed by atoms with Gasteiger partial charge >= 0.3 is 0 Å². The van der Waals surface area contributed by atoms with Crippen LogP contribution in [0.25, 0.3) is 6.08 Å². The van der Waals surface area contributed by atoms with Crippen LogP contribution >= 0.6 is 0 Å². The minimum Gasteiger partial charge on any atom is -0.379 e. The molecule has 1 aromatic carbocycles. The molecule has 30 heavy (non-hydrogen) atoms. The van der Waals surface area contributed by atoms with E-state index in [1.807, 2.05) is 20.9 Å². The molecule has 1 saturated heterocycles. The van der Waals surface area contributed by atoms with E-state index in [4.69, 9.17) is 10.5 Å². The van der Waals surface area contributed by atoms with E-state index in [9.17, 15) is 0 Å². The van der Waals surface area contributed by atoms with Gasteiger partial charge in [-0.15, -0.1) is 0 Å². The molecule has 6 heteroatoms. The summed E-state index contributed by atoms with van der Waals surface area (Å²) in [6.07, 6.45) is 4.22. The van der Waals surface area contributed by atoms with E-state index in [2.05, 4.69) is 68.8 Å². The maximum absolute atomic E-state index is 6.57. The zero-order chi connectivity index (χ0) is 21.3. The fraction of sp³-hybridized carbons (Fsp3) is 0.458. The highest BCUT2D eigenvalue weighted by molar-refractivity contribution is 6.00. The Labute approximate surface area is 179 Å². The summed E-state index contributed by atoms with van der Waals surface area (Å²) in [5.41, 5.74) is 12.2. The zero-order valence-corrected chi connectivity index (χ0v) is 18.6. The predicted octanol–water partition coefficient (Wildman–Crippen LogP) is 3.23. The Morgan fingerprint density at radius 2 is 1.87 bits per heavy atom. The largest absolute Gasteiger partial charge is 0.379 e. The summed E-state index contributed by atoms with van der Waals surface area (Å²) in [7, 11) is 1.81. The van der Waals surface area contributed by atoms with E-state index in [-0.39, 0.29) is 0 Å². The Balaban J connectivity index is 1.61. The Bertz CT molecular complexity index is 966. The summed E-state index contributed by atoms with van der Waals surface area (Å²) in [6, 6.07) is 11.2. The van der Waals surface area contributed by atoms with Crippen molar-refractivity contribution in [2.75, 3.05) is 38.3 Å². The minimum atomic E-state index is -0.590. The monoisotopic (exact) mass is 407 g/mol. The quantitative estimate of drug-likeness (QED) is 0.624. The highest BCUT2D eigenvalue weighted by Crippen LogP contribution is 2.35. The van der Waals surface area contributed by atoms with Gasteiger partial charge in [0.25, 0.3) is 0 Å². The van der Waals surface area contributed by atoms with Gasteiger partial charge in [0.1, 0.15) is 11.5 Å². The van der Waals surface area contributed by atoms with Gasteiger partial charge in [-0.05, 0) is 50.1 Å². The molecule has 0 amide bonds. The zero-order valence-electron chi connectivity index (χ0n) is 18.6. The highest BCUT2D eigenvalue weighted by Gasteiger charge is 2.33. The van der Waals surface area contributed by atoms with E-state index >= 15 is 0 Å². The third-order valence-corrected chi connectivity index (χ3v) is 6.12. The summed E-state index contributed by atoms with van der Waals surface area (Å²) in [5.74, 6) is 0.912. The van der Waals surface area contributed by atoms with E-state index in [0.29, 0.717) is 0 Å². The molecule has 2 aliphatic heterocycles. The highest BCUT2D eigenvalue weighted by atomic mass is 16.5. The van der Waals surface area contributed by atoms with E-state index < -0.39 is 5.66 Å². The fourth-order valence-corrected chi connectivity index (χ4v) is 4.47. The van der Waals surface area contributed by atoms with Gasteiger partial charge in [-0.3, -0.25) is 9.89 Å². The number of hydrogen-bond acceptors (Lipinski definition) is 4. The lowest BCUT2D eigenvalue weighted by Crippen LogP contribution is -2.56. The van der Waals surface area contributed by atoms with E-state index in [1.54, 1.807) is 0 Å². The minimum absolute atomic E-state index is 0.590. The third-order valence-electron chi connectivity index (χ3n) is 6.12. The lowest BCUT2D eigenvalue weighted by Gasteiger charge is -2.40. The van der Waals surface area contributed by atoms with Crippen LogP contribution in [0.5, 0.6) is 0 Å². The molecule has 0 bridgehead atoms. The summed E-state index contributed by atoms with van der Waals surface area (Å²) >= 11 is 0. The fourth-order valence-electron chi connectivity index (χ4n) is 4.47. The van der Waals surface area contributed by atoms with Crippen molar-refractivity contribution in [3.63, 3.8) is 0 Å². The number of rotatable bonds is 4. The number of nitrogens with zero attached hydrogens (tertiary/aromatic N) is 4. The molecule has 2 N–H and O–H groups in total. The molecule has 1 unspecified atom stereocenters. The van der Waals surface area contributed by atoms with Crippen molar-refractivity contribution in [3.05, 3.63) is 58.9 Å². The van der Waals surface area contributed by atoms with Crippen LogP contribution in [0.4, 0.5) is 5.69 Å². The lowest BCUT2D eigenvalue weighted by molar-refractivity contribution is 0.0342. The van der Waals surface area contributed by atoms with E-state index in [0.717, 1.165) is 50.9 Å². The molecule has 0 radical (unpaired) electrons. The molecule has 0 saturated carbocycles. The van der Waals surface area contributed by atoms with Gasteiger partial charge in [-0.25, -0.2) is 0 Å². The van der Waals surface area contributed by atoms with Crippen LogP contribution < -0.4 is 10.6 Å². The first-order valence-electron chi connectivity index (χ1n) is 10.7. The Hall–Kier alpha value is -2.41. The summed E-state index contributed by atoms with van der Waals surface area (Å²) < 4.78 is 7.84. The molecule has 1 fully saturated rings. The molecule has 4 rings (SSSR count). The van der Waals surface area contributed by atoms with E-state index in [1.165, 1.54) is 22.5 Å². The molecule has 2 aromatic rings. The van der Waals surface area contributed by atoms with Crippen LogP contribution in [0, 0.1) is 6.92 Å². The first kappa shape index (κ1) is 20.8. The standard InChI is InChI=1S/C24H33N5O/c1-18-14-23-22(8-9-24(3,25)29(23)19(2)26-4)28(18)17-21-7-5-6-20(15-21)16-27-10-12-30-13-11-27/h5-9,14-15H,10-13,16-17,25H2,1-4H3. The molecule has 160 valence electrons. The molecule has 2 aliphatic rings. The average molecular weight is 408 g/mol. The summed E-state index contributed by atoms with van der Waals surface area (Å²) in [5, 5.41) is 0.